The fourth-order valence-electron chi connectivity index (χ4n) is 1.69. The van der Waals surface area contributed by atoms with Crippen molar-refractivity contribution in [1.82, 2.24) is 9.78 Å². The lowest BCUT2D eigenvalue weighted by molar-refractivity contribution is 0.0682. The average Bonchev–Trinajstić information content (AvgIpc) is 2.72. The molecule has 0 saturated heterocycles. The summed E-state index contributed by atoms with van der Waals surface area (Å²) in [7, 11) is 0. The minimum atomic E-state index is -1.19. The molecule has 0 aliphatic carbocycles. The van der Waals surface area contributed by atoms with Crippen molar-refractivity contribution in [3.05, 3.63) is 53.6 Å². The highest BCUT2D eigenvalue weighted by molar-refractivity contribution is 5.85. The van der Waals surface area contributed by atoms with E-state index in [9.17, 15) is 9.18 Å². The maximum atomic E-state index is 13.0. The smallest absolute Gasteiger partial charge is 0.354 e. The van der Waals surface area contributed by atoms with E-state index in [0.29, 0.717) is 0 Å². The molecule has 0 bridgehead atoms. The lowest BCUT2D eigenvalue weighted by Crippen LogP contribution is -2.15. The molecule has 17 heavy (non-hydrogen) atoms. The second-order valence-electron chi connectivity index (χ2n) is 3.69. The molecule has 2 aromatic rings. The number of nitrogens with zero attached hydrogens (tertiary/aromatic N) is 2. The summed E-state index contributed by atoms with van der Waals surface area (Å²) in [5.74, 6) is -1.98. The van der Waals surface area contributed by atoms with Gasteiger partial charge in [-0.25, -0.2) is 9.48 Å². The number of halogens is 1. The molecule has 0 aliphatic rings. The summed E-state index contributed by atoms with van der Waals surface area (Å²) in [6, 6.07) is 9.82. The van der Waals surface area contributed by atoms with Crippen LogP contribution < -0.4 is 0 Å². The number of benzene rings is 1. The molecule has 0 amide bonds. The predicted octanol–water partition coefficient (Wildman–Crippen LogP) is 2.33. The molecule has 1 atom stereocenters. The van der Waals surface area contributed by atoms with Gasteiger partial charge < -0.3 is 5.11 Å². The number of hydrogen-bond acceptors (Lipinski definition) is 2. The number of rotatable bonds is 3. The number of carboxylic acid groups (broad SMARTS) is 1. The fraction of sp³-hybridized carbons (Fsp3) is 0.167. The molecule has 0 fully saturated rings. The largest absolute Gasteiger partial charge is 0.477 e. The lowest BCUT2D eigenvalue weighted by atomic mass is 10.1. The van der Waals surface area contributed by atoms with E-state index in [2.05, 4.69) is 5.10 Å². The Morgan fingerprint density at radius 2 is 2.06 bits per heavy atom. The summed E-state index contributed by atoms with van der Waals surface area (Å²) in [5.41, 5.74) is 0.719. The third-order valence-electron chi connectivity index (χ3n) is 2.57. The molecule has 2 rings (SSSR count). The quantitative estimate of drug-likeness (QED) is 0.886. The van der Waals surface area contributed by atoms with E-state index < -0.39 is 11.9 Å². The van der Waals surface area contributed by atoms with Gasteiger partial charge in [0, 0.05) is 6.07 Å². The van der Waals surface area contributed by atoms with Crippen molar-refractivity contribution in [3.8, 4) is 0 Å². The van der Waals surface area contributed by atoms with Crippen molar-refractivity contribution in [2.45, 2.75) is 13.0 Å². The van der Waals surface area contributed by atoms with Crippen LogP contribution in [0.4, 0.5) is 4.39 Å². The molecule has 1 heterocycles. The highest BCUT2D eigenvalue weighted by Gasteiger charge is 2.19. The molecule has 88 valence electrons. The number of aromatic nitrogens is 2. The van der Waals surface area contributed by atoms with E-state index in [1.54, 1.807) is 6.92 Å². The van der Waals surface area contributed by atoms with Crippen LogP contribution in [0, 0.1) is 5.95 Å². The molecule has 1 aromatic carbocycles. The zero-order valence-electron chi connectivity index (χ0n) is 9.17. The number of aromatic carboxylic acids is 1. The van der Waals surface area contributed by atoms with Crippen LogP contribution >= 0.6 is 0 Å². The van der Waals surface area contributed by atoms with E-state index >= 15 is 0 Å². The van der Waals surface area contributed by atoms with Crippen molar-refractivity contribution in [2.24, 2.45) is 0 Å². The van der Waals surface area contributed by atoms with Crippen LogP contribution in [-0.4, -0.2) is 20.9 Å². The van der Waals surface area contributed by atoms with Gasteiger partial charge in [-0.15, -0.1) is 5.10 Å². The molecule has 1 N–H and O–H groups in total. The molecular formula is C12H11FN2O2. The molecule has 4 nitrogen and oxygen atoms in total. The molecule has 0 aliphatic heterocycles. The zero-order chi connectivity index (χ0) is 12.4. The maximum absolute atomic E-state index is 13.0. The first-order valence-corrected chi connectivity index (χ1v) is 5.13. The van der Waals surface area contributed by atoms with E-state index in [0.717, 1.165) is 11.6 Å². The highest BCUT2D eigenvalue weighted by Crippen LogP contribution is 2.19. The van der Waals surface area contributed by atoms with Gasteiger partial charge in [-0.2, -0.15) is 4.39 Å². The van der Waals surface area contributed by atoms with Crippen LogP contribution in [0.1, 0.15) is 29.0 Å². The molecule has 0 radical (unpaired) electrons. The monoisotopic (exact) mass is 234 g/mol. The van der Waals surface area contributed by atoms with Crippen molar-refractivity contribution in [2.75, 3.05) is 0 Å². The topological polar surface area (TPSA) is 55.1 Å². The maximum Gasteiger partial charge on any atom is 0.354 e. The first kappa shape index (κ1) is 11.3. The normalized spacial score (nSPS) is 12.4. The number of carbonyl (C=O) groups is 1. The first-order chi connectivity index (χ1) is 8.09. The average molecular weight is 234 g/mol. The van der Waals surface area contributed by atoms with Crippen molar-refractivity contribution in [3.63, 3.8) is 0 Å². The van der Waals surface area contributed by atoms with Crippen LogP contribution in [0.2, 0.25) is 0 Å². The van der Waals surface area contributed by atoms with Gasteiger partial charge in [-0.05, 0) is 12.5 Å². The predicted molar refractivity (Wildman–Crippen MR) is 59.4 cm³/mol. The minimum absolute atomic E-state index is 0.154. The lowest BCUT2D eigenvalue weighted by Gasteiger charge is -2.13. The van der Waals surface area contributed by atoms with E-state index in [4.69, 9.17) is 5.11 Å². The van der Waals surface area contributed by atoms with Crippen LogP contribution in [-0.2, 0) is 0 Å². The Morgan fingerprint density at radius 3 is 2.65 bits per heavy atom. The highest BCUT2D eigenvalue weighted by atomic mass is 19.1. The van der Waals surface area contributed by atoms with E-state index in [1.165, 1.54) is 4.68 Å². The second-order valence-corrected chi connectivity index (χ2v) is 3.69. The van der Waals surface area contributed by atoms with Crippen LogP contribution in [0.25, 0.3) is 0 Å². The standard InChI is InChI=1S/C12H11FN2O2/c1-8(9-5-3-2-4-6-9)15-10(12(16)17)7-11(13)14-15/h2-8H,1H3,(H,16,17). The Balaban J connectivity index is 2.44. The van der Waals surface area contributed by atoms with Gasteiger partial charge in [0.2, 0.25) is 5.95 Å². The van der Waals surface area contributed by atoms with Gasteiger partial charge in [0.1, 0.15) is 5.69 Å². The Kier molecular flexibility index (Phi) is 2.91. The zero-order valence-corrected chi connectivity index (χ0v) is 9.17. The minimum Gasteiger partial charge on any atom is -0.477 e. The van der Waals surface area contributed by atoms with Gasteiger partial charge in [-0.3, -0.25) is 0 Å². The molecule has 1 aromatic heterocycles. The Hall–Kier alpha value is -2.17. The molecule has 1 unspecified atom stereocenters. The summed E-state index contributed by atoms with van der Waals surface area (Å²) in [6.45, 7) is 1.77. The molecule has 0 saturated carbocycles. The van der Waals surface area contributed by atoms with Gasteiger partial charge >= 0.3 is 5.97 Å². The van der Waals surface area contributed by atoms with Crippen molar-refractivity contribution < 1.29 is 14.3 Å². The Labute approximate surface area is 97.3 Å². The van der Waals surface area contributed by atoms with Crippen molar-refractivity contribution in [1.29, 1.82) is 0 Å². The number of hydrogen-bond donors (Lipinski definition) is 1. The van der Waals surface area contributed by atoms with Crippen LogP contribution in [0.5, 0.6) is 0 Å². The number of carboxylic acids is 1. The van der Waals surface area contributed by atoms with Gasteiger partial charge in [-0.1, -0.05) is 30.3 Å². The van der Waals surface area contributed by atoms with Crippen LogP contribution in [0.15, 0.2) is 36.4 Å². The summed E-state index contributed by atoms with van der Waals surface area (Å²) in [6.07, 6.45) is 0. The van der Waals surface area contributed by atoms with Gasteiger partial charge in [0.15, 0.2) is 0 Å². The van der Waals surface area contributed by atoms with Gasteiger partial charge in [0.25, 0.3) is 0 Å². The second kappa shape index (κ2) is 4.37. The molecule has 5 heteroatoms. The van der Waals surface area contributed by atoms with Crippen molar-refractivity contribution >= 4 is 5.97 Å². The van der Waals surface area contributed by atoms with Crippen LogP contribution in [0.3, 0.4) is 0 Å². The Bertz CT molecular complexity index is 537. The fourth-order valence-corrected chi connectivity index (χ4v) is 1.69. The van der Waals surface area contributed by atoms with Gasteiger partial charge in [0.05, 0.1) is 6.04 Å². The third kappa shape index (κ3) is 2.18. The molecule has 0 spiro atoms. The third-order valence-corrected chi connectivity index (χ3v) is 2.57. The Morgan fingerprint density at radius 1 is 1.41 bits per heavy atom. The van der Waals surface area contributed by atoms with E-state index in [1.807, 2.05) is 30.3 Å². The SMILES string of the molecule is CC(c1ccccc1)n1nc(F)cc1C(=O)O. The summed E-state index contributed by atoms with van der Waals surface area (Å²) >= 11 is 0. The first-order valence-electron chi connectivity index (χ1n) is 5.13. The van der Waals surface area contributed by atoms with E-state index in [-0.39, 0.29) is 11.7 Å². The summed E-state index contributed by atoms with van der Waals surface area (Å²) < 4.78 is 14.2. The summed E-state index contributed by atoms with van der Waals surface area (Å²) in [5, 5.41) is 12.5. The summed E-state index contributed by atoms with van der Waals surface area (Å²) in [4.78, 5) is 10.9. The molecular weight excluding hydrogens is 223 g/mol.